The minimum absolute atomic E-state index is 1.35. The van der Waals surface area contributed by atoms with Crippen molar-refractivity contribution in [3.63, 3.8) is 0 Å². The van der Waals surface area contributed by atoms with Gasteiger partial charge in [0, 0.05) is 5.38 Å². The minimum atomic E-state index is 1.35. The molecule has 0 radical (unpaired) electrons. The molecule has 0 saturated heterocycles. The molecule has 0 aliphatic rings. The molecule has 9 heavy (non-hydrogen) atoms. The molecule has 0 aliphatic heterocycles. The van der Waals surface area contributed by atoms with E-state index in [9.17, 15) is 0 Å². The zero-order valence-corrected chi connectivity index (χ0v) is 7.27. The largest absolute Gasteiger partial charge is 0.147 e. The Labute approximate surface area is 61.1 Å². The first kappa shape index (κ1) is 11.4. The van der Waals surface area contributed by atoms with Crippen LogP contribution in [0.3, 0.4) is 0 Å². The molecule has 0 amide bonds. The van der Waals surface area contributed by atoms with Gasteiger partial charge in [0.05, 0.1) is 6.20 Å². The third kappa shape index (κ3) is 11.2. The average Bonchev–Trinajstić information content (AvgIpc) is 2.51. The van der Waals surface area contributed by atoms with Crippen molar-refractivity contribution in [2.45, 2.75) is 27.7 Å². The highest BCUT2D eigenvalue weighted by Gasteiger charge is 1.61. The van der Waals surface area contributed by atoms with Crippen LogP contribution in [0, 0.1) is 0 Å². The quantitative estimate of drug-likeness (QED) is 0.562. The Morgan fingerprint density at radius 1 is 1.11 bits per heavy atom. The van der Waals surface area contributed by atoms with E-state index in [1.54, 1.807) is 6.20 Å². The number of nitrogens with zero attached hydrogens (tertiary/aromatic N) is 2. The standard InChI is InChI=1S/C2H2N2S.2C2H6/c1-2-5-4-3-1;2*1-2/h1-2H;2*1-2H3. The summed E-state index contributed by atoms with van der Waals surface area (Å²) in [5.74, 6) is 0. The normalized spacial score (nSPS) is 5.78. The van der Waals surface area contributed by atoms with E-state index >= 15 is 0 Å². The number of hydrogen-bond donors (Lipinski definition) is 0. The van der Waals surface area contributed by atoms with Crippen molar-refractivity contribution < 1.29 is 0 Å². The fraction of sp³-hybridized carbons (Fsp3) is 0.667. The van der Waals surface area contributed by atoms with Crippen LogP contribution >= 0.6 is 11.5 Å². The predicted molar refractivity (Wildman–Crippen MR) is 42.6 cm³/mol. The second-order valence-corrected chi connectivity index (χ2v) is 1.23. The first-order valence-corrected chi connectivity index (χ1v) is 4.05. The Hall–Kier alpha value is -0.440. The number of hydrogen-bond acceptors (Lipinski definition) is 3. The fourth-order valence-corrected chi connectivity index (χ4v) is 0.408. The van der Waals surface area contributed by atoms with Crippen LogP contribution in [0.4, 0.5) is 0 Å². The van der Waals surface area contributed by atoms with Crippen molar-refractivity contribution in [2.24, 2.45) is 0 Å². The molecule has 0 N–H and O–H groups in total. The van der Waals surface area contributed by atoms with Crippen LogP contribution in [0.1, 0.15) is 27.7 Å². The van der Waals surface area contributed by atoms with E-state index in [0.717, 1.165) is 0 Å². The van der Waals surface area contributed by atoms with Gasteiger partial charge in [-0.25, -0.2) is 0 Å². The first-order chi connectivity index (χ1) is 4.50. The minimum Gasteiger partial charge on any atom is -0.147 e. The highest BCUT2D eigenvalue weighted by Crippen LogP contribution is 1.78. The van der Waals surface area contributed by atoms with Crippen molar-refractivity contribution in [3.8, 4) is 0 Å². The topological polar surface area (TPSA) is 25.8 Å². The molecule has 0 spiro atoms. The van der Waals surface area contributed by atoms with Crippen molar-refractivity contribution in [1.82, 2.24) is 9.59 Å². The van der Waals surface area contributed by atoms with Gasteiger partial charge in [-0.2, -0.15) is 0 Å². The highest BCUT2D eigenvalue weighted by molar-refractivity contribution is 7.03. The molecule has 1 aromatic heterocycles. The summed E-state index contributed by atoms with van der Waals surface area (Å²) in [6.45, 7) is 8.00. The molecule has 0 fully saturated rings. The van der Waals surface area contributed by atoms with Gasteiger partial charge in [0.15, 0.2) is 0 Å². The van der Waals surface area contributed by atoms with E-state index in [1.807, 2.05) is 33.1 Å². The maximum atomic E-state index is 3.51. The van der Waals surface area contributed by atoms with E-state index in [4.69, 9.17) is 0 Å². The van der Waals surface area contributed by atoms with Gasteiger partial charge in [-0.05, 0) is 11.5 Å². The van der Waals surface area contributed by atoms with Gasteiger partial charge in [0.25, 0.3) is 0 Å². The van der Waals surface area contributed by atoms with E-state index < -0.39 is 0 Å². The molecule has 1 rings (SSSR count). The Morgan fingerprint density at radius 3 is 1.78 bits per heavy atom. The average molecular weight is 146 g/mol. The van der Waals surface area contributed by atoms with Crippen molar-refractivity contribution in [1.29, 1.82) is 0 Å². The molecular weight excluding hydrogens is 132 g/mol. The maximum Gasteiger partial charge on any atom is 0.0620 e. The summed E-state index contributed by atoms with van der Waals surface area (Å²) in [5.41, 5.74) is 0. The summed E-state index contributed by atoms with van der Waals surface area (Å²) < 4.78 is 3.51. The summed E-state index contributed by atoms with van der Waals surface area (Å²) >= 11 is 1.35. The van der Waals surface area contributed by atoms with E-state index in [1.165, 1.54) is 11.5 Å². The molecule has 0 atom stereocenters. The third-order valence-electron chi connectivity index (χ3n) is 0.283. The van der Waals surface area contributed by atoms with Gasteiger partial charge in [0.1, 0.15) is 0 Å². The first-order valence-electron chi connectivity index (χ1n) is 3.21. The van der Waals surface area contributed by atoms with Gasteiger partial charge in [0.2, 0.25) is 0 Å². The third-order valence-corrected chi connectivity index (χ3v) is 0.715. The van der Waals surface area contributed by atoms with E-state index in [0.29, 0.717) is 0 Å². The lowest BCUT2D eigenvalue weighted by molar-refractivity contribution is 1.16. The summed E-state index contributed by atoms with van der Waals surface area (Å²) in [4.78, 5) is 0. The summed E-state index contributed by atoms with van der Waals surface area (Å²) in [5, 5.41) is 5.31. The molecule has 0 saturated carbocycles. The number of rotatable bonds is 0. The zero-order chi connectivity index (χ0) is 7.54. The Morgan fingerprint density at radius 2 is 1.67 bits per heavy atom. The van der Waals surface area contributed by atoms with E-state index in [2.05, 4.69) is 9.59 Å². The smallest absolute Gasteiger partial charge is 0.0620 e. The molecule has 3 heteroatoms. The molecule has 54 valence electrons. The lowest BCUT2D eigenvalue weighted by Gasteiger charge is -1.40. The van der Waals surface area contributed by atoms with Crippen LogP contribution in [0.25, 0.3) is 0 Å². The highest BCUT2D eigenvalue weighted by atomic mass is 32.1. The lowest BCUT2D eigenvalue weighted by Crippen LogP contribution is -1.51. The van der Waals surface area contributed by atoms with Gasteiger partial charge < -0.3 is 0 Å². The molecule has 0 bridgehead atoms. The SMILES string of the molecule is CC.CC.c1csnn1. The molecular formula is C6H14N2S. The molecule has 0 aliphatic carbocycles. The maximum absolute atomic E-state index is 3.51. The molecule has 1 aromatic rings. The number of aromatic nitrogens is 2. The zero-order valence-electron chi connectivity index (χ0n) is 6.46. The Balaban J connectivity index is 0. The van der Waals surface area contributed by atoms with Crippen LogP contribution in [-0.2, 0) is 0 Å². The van der Waals surface area contributed by atoms with Crippen molar-refractivity contribution in [2.75, 3.05) is 0 Å². The van der Waals surface area contributed by atoms with Gasteiger partial charge >= 0.3 is 0 Å². The van der Waals surface area contributed by atoms with Gasteiger partial charge in [-0.3, -0.25) is 0 Å². The summed E-state index contributed by atoms with van der Waals surface area (Å²) in [6, 6.07) is 0. The van der Waals surface area contributed by atoms with Crippen molar-refractivity contribution >= 4 is 11.5 Å². The lowest BCUT2D eigenvalue weighted by atomic mass is 11.0. The van der Waals surface area contributed by atoms with Crippen molar-refractivity contribution in [3.05, 3.63) is 11.6 Å². The van der Waals surface area contributed by atoms with Crippen LogP contribution in [0.15, 0.2) is 11.6 Å². The van der Waals surface area contributed by atoms with E-state index in [-0.39, 0.29) is 0 Å². The summed E-state index contributed by atoms with van der Waals surface area (Å²) in [6.07, 6.45) is 1.66. The summed E-state index contributed by atoms with van der Waals surface area (Å²) in [7, 11) is 0. The second-order valence-electron chi connectivity index (χ2n) is 0.588. The van der Waals surface area contributed by atoms with Gasteiger partial charge in [-0.15, -0.1) is 5.10 Å². The fourth-order valence-electron chi connectivity index (χ4n) is 0.136. The monoisotopic (exact) mass is 146 g/mol. The molecule has 1 heterocycles. The second kappa shape index (κ2) is 15.6. The molecule has 2 nitrogen and oxygen atoms in total. The Kier molecular flexibility index (Phi) is 19.8. The van der Waals surface area contributed by atoms with Crippen LogP contribution in [0.5, 0.6) is 0 Å². The van der Waals surface area contributed by atoms with Crippen LogP contribution < -0.4 is 0 Å². The molecule has 0 aromatic carbocycles. The predicted octanol–water partition coefficient (Wildman–Crippen LogP) is 2.59. The molecule has 0 unspecified atom stereocenters. The van der Waals surface area contributed by atoms with Crippen LogP contribution in [-0.4, -0.2) is 9.59 Å². The Bertz CT molecular complexity index is 67.5. The van der Waals surface area contributed by atoms with Crippen LogP contribution in [0.2, 0.25) is 0 Å². The van der Waals surface area contributed by atoms with Gasteiger partial charge in [-0.1, -0.05) is 32.2 Å².